The molecule has 0 amide bonds. The number of rotatable bonds is 6. The molecule has 0 saturated carbocycles. The quantitative estimate of drug-likeness (QED) is 0.621. The van der Waals surface area contributed by atoms with Crippen molar-refractivity contribution in [2.45, 2.75) is 13.8 Å². The third-order valence-corrected chi connectivity index (χ3v) is 2.36. The summed E-state index contributed by atoms with van der Waals surface area (Å²) >= 11 is 0. The summed E-state index contributed by atoms with van der Waals surface area (Å²) in [5.41, 5.74) is 2.05. The van der Waals surface area contributed by atoms with Gasteiger partial charge in [0.2, 0.25) is 0 Å². The molecule has 18 heavy (non-hydrogen) atoms. The van der Waals surface area contributed by atoms with Crippen molar-refractivity contribution in [1.82, 2.24) is 0 Å². The summed E-state index contributed by atoms with van der Waals surface area (Å²) in [6.07, 6.45) is 3.16. The Morgan fingerprint density at radius 1 is 1.44 bits per heavy atom. The third-order valence-electron chi connectivity index (χ3n) is 2.36. The maximum Gasteiger partial charge on any atom is 0.330 e. The number of benzene rings is 1. The molecule has 0 radical (unpaired) electrons. The highest BCUT2D eigenvalue weighted by atomic mass is 16.5. The predicted molar refractivity (Wildman–Crippen MR) is 72.0 cm³/mol. The maximum atomic E-state index is 11.0. The van der Waals surface area contributed by atoms with E-state index in [4.69, 9.17) is 9.47 Å². The van der Waals surface area contributed by atoms with Crippen LogP contribution in [0.15, 0.2) is 30.4 Å². The smallest absolute Gasteiger partial charge is 0.330 e. The Balaban J connectivity index is 2.44. The number of aryl methyl sites for hydroxylation is 1. The summed E-state index contributed by atoms with van der Waals surface area (Å²) < 4.78 is 9.95. The monoisotopic (exact) mass is 249 g/mol. The Kier molecular flexibility index (Phi) is 5.77. The van der Waals surface area contributed by atoms with Gasteiger partial charge >= 0.3 is 5.97 Å². The van der Waals surface area contributed by atoms with Crippen LogP contribution in [0.25, 0.3) is 0 Å². The van der Waals surface area contributed by atoms with Crippen LogP contribution in [0.3, 0.4) is 0 Å². The summed E-state index contributed by atoms with van der Waals surface area (Å²) in [5.74, 6) is 0.549. The van der Waals surface area contributed by atoms with Gasteiger partial charge in [0.05, 0.1) is 13.7 Å². The van der Waals surface area contributed by atoms with Crippen LogP contribution in [-0.2, 0) is 9.53 Å². The molecular weight excluding hydrogens is 230 g/mol. The standard InChI is InChI=1S/C14H19NO3/c1-4-18-14(16)6-5-9-15-12-7-8-13(17-3)11(2)10-12/h5-8,10,15H,4,9H2,1-3H3/b6-5+. The zero-order chi connectivity index (χ0) is 13.4. The minimum Gasteiger partial charge on any atom is -0.496 e. The van der Waals surface area contributed by atoms with Gasteiger partial charge < -0.3 is 14.8 Å². The number of hydrogen-bond acceptors (Lipinski definition) is 4. The number of nitrogens with one attached hydrogen (secondary N) is 1. The zero-order valence-corrected chi connectivity index (χ0v) is 11.0. The first-order valence-electron chi connectivity index (χ1n) is 5.89. The average molecular weight is 249 g/mol. The number of methoxy groups -OCH3 is 1. The molecule has 4 nitrogen and oxygen atoms in total. The van der Waals surface area contributed by atoms with E-state index in [1.807, 2.05) is 25.1 Å². The summed E-state index contributed by atoms with van der Waals surface area (Å²) in [7, 11) is 1.65. The molecule has 0 heterocycles. The summed E-state index contributed by atoms with van der Waals surface area (Å²) in [6.45, 7) is 4.74. The summed E-state index contributed by atoms with van der Waals surface area (Å²) in [6, 6.07) is 5.84. The van der Waals surface area contributed by atoms with Gasteiger partial charge in [0.15, 0.2) is 0 Å². The molecule has 0 saturated heterocycles. The number of anilines is 1. The van der Waals surface area contributed by atoms with Crippen LogP contribution in [0.2, 0.25) is 0 Å². The molecule has 98 valence electrons. The topological polar surface area (TPSA) is 47.6 Å². The van der Waals surface area contributed by atoms with Gasteiger partial charge in [0.25, 0.3) is 0 Å². The lowest BCUT2D eigenvalue weighted by Gasteiger charge is -2.08. The van der Waals surface area contributed by atoms with Gasteiger partial charge in [-0.3, -0.25) is 0 Å². The summed E-state index contributed by atoms with van der Waals surface area (Å²) in [5, 5.41) is 3.18. The molecule has 1 rings (SSSR count). The van der Waals surface area contributed by atoms with Crippen molar-refractivity contribution < 1.29 is 14.3 Å². The lowest BCUT2D eigenvalue weighted by molar-refractivity contribution is -0.137. The second-order valence-electron chi connectivity index (χ2n) is 3.72. The van der Waals surface area contributed by atoms with Gasteiger partial charge in [0.1, 0.15) is 5.75 Å². The molecule has 4 heteroatoms. The van der Waals surface area contributed by atoms with Crippen molar-refractivity contribution in [3.8, 4) is 5.75 Å². The molecule has 0 aliphatic rings. The molecule has 1 aromatic carbocycles. The van der Waals surface area contributed by atoms with Gasteiger partial charge in [-0.25, -0.2) is 4.79 Å². The van der Waals surface area contributed by atoms with E-state index in [1.165, 1.54) is 6.08 Å². The highest BCUT2D eigenvalue weighted by Gasteiger charge is 1.98. The first kappa shape index (κ1) is 14.1. The largest absolute Gasteiger partial charge is 0.496 e. The van der Waals surface area contributed by atoms with Crippen LogP contribution in [0.1, 0.15) is 12.5 Å². The first-order valence-corrected chi connectivity index (χ1v) is 5.89. The van der Waals surface area contributed by atoms with Crippen LogP contribution in [-0.4, -0.2) is 26.2 Å². The second kappa shape index (κ2) is 7.37. The van der Waals surface area contributed by atoms with Gasteiger partial charge in [-0.15, -0.1) is 0 Å². The molecule has 0 aliphatic heterocycles. The molecule has 0 spiro atoms. The second-order valence-corrected chi connectivity index (χ2v) is 3.72. The first-order chi connectivity index (χ1) is 8.67. The maximum absolute atomic E-state index is 11.0. The van der Waals surface area contributed by atoms with E-state index in [0.717, 1.165) is 17.0 Å². The van der Waals surface area contributed by atoms with E-state index in [2.05, 4.69) is 5.32 Å². The van der Waals surface area contributed by atoms with Gasteiger partial charge in [-0.05, 0) is 37.6 Å². The lowest BCUT2D eigenvalue weighted by Crippen LogP contribution is -2.02. The van der Waals surface area contributed by atoms with Gasteiger partial charge in [-0.2, -0.15) is 0 Å². The molecule has 1 aromatic rings. The molecule has 0 unspecified atom stereocenters. The van der Waals surface area contributed by atoms with E-state index in [-0.39, 0.29) is 5.97 Å². The molecule has 0 aliphatic carbocycles. The molecular formula is C14H19NO3. The minimum absolute atomic E-state index is 0.315. The van der Waals surface area contributed by atoms with Crippen LogP contribution >= 0.6 is 0 Å². The van der Waals surface area contributed by atoms with Crippen molar-refractivity contribution in [1.29, 1.82) is 0 Å². The number of ether oxygens (including phenoxy) is 2. The number of carbonyl (C=O) groups is 1. The highest BCUT2D eigenvalue weighted by Crippen LogP contribution is 2.21. The zero-order valence-electron chi connectivity index (χ0n) is 11.0. The Labute approximate surface area is 108 Å². The Bertz CT molecular complexity index is 427. The van der Waals surface area contributed by atoms with Crippen molar-refractivity contribution in [3.63, 3.8) is 0 Å². The highest BCUT2D eigenvalue weighted by molar-refractivity contribution is 5.81. The van der Waals surface area contributed by atoms with Gasteiger partial charge in [-0.1, -0.05) is 6.08 Å². The third kappa shape index (κ3) is 4.49. The predicted octanol–water partition coefficient (Wildman–Crippen LogP) is 2.53. The SMILES string of the molecule is CCOC(=O)/C=C/CNc1ccc(OC)c(C)c1. The van der Waals surface area contributed by atoms with E-state index < -0.39 is 0 Å². The number of carbonyl (C=O) groups excluding carboxylic acids is 1. The number of esters is 1. The average Bonchev–Trinajstić information content (AvgIpc) is 2.35. The fraction of sp³-hybridized carbons (Fsp3) is 0.357. The Morgan fingerprint density at radius 3 is 2.83 bits per heavy atom. The molecule has 1 N–H and O–H groups in total. The Hall–Kier alpha value is -1.97. The van der Waals surface area contributed by atoms with E-state index in [0.29, 0.717) is 13.2 Å². The lowest BCUT2D eigenvalue weighted by atomic mass is 10.2. The molecule has 0 atom stereocenters. The van der Waals surface area contributed by atoms with Crippen LogP contribution < -0.4 is 10.1 Å². The minimum atomic E-state index is -0.315. The summed E-state index contributed by atoms with van der Waals surface area (Å²) in [4.78, 5) is 11.0. The molecule has 0 aromatic heterocycles. The van der Waals surface area contributed by atoms with Crippen molar-refractivity contribution in [2.75, 3.05) is 25.6 Å². The van der Waals surface area contributed by atoms with Crippen LogP contribution in [0.5, 0.6) is 5.75 Å². The normalized spacial score (nSPS) is 10.4. The van der Waals surface area contributed by atoms with E-state index >= 15 is 0 Å². The van der Waals surface area contributed by atoms with Crippen molar-refractivity contribution in [3.05, 3.63) is 35.9 Å². The fourth-order valence-corrected chi connectivity index (χ4v) is 1.51. The van der Waals surface area contributed by atoms with Crippen LogP contribution in [0, 0.1) is 6.92 Å². The van der Waals surface area contributed by atoms with Crippen molar-refractivity contribution >= 4 is 11.7 Å². The van der Waals surface area contributed by atoms with E-state index in [9.17, 15) is 4.79 Å². The van der Waals surface area contributed by atoms with E-state index in [1.54, 1.807) is 20.1 Å². The molecule has 0 fully saturated rings. The van der Waals surface area contributed by atoms with Gasteiger partial charge in [0, 0.05) is 18.3 Å². The molecule has 0 bridgehead atoms. The van der Waals surface area contributed by atoms with Crippen molar-refractivity contribution in [2.24, 2.45) is 0 Å². The Morgan fingerprint density at radius 2 is 2.22 bits per heavy atom. The van der Waals surface area contributed by atoms with Crippen LogP contribution in [0.4, 0.5) is 5.69 Å². The fourth-order valence-electron chi connectivity index (χ4n) is 1.51. The number of hydrogen-bond donors (Lipinski definition) is 1.